The van der Waals surface area contributed by atoms with E-state index in [9.17, 15) is 24.6 Å². The molecule has 208 valence electrons. The maximum atomic E-state index is 13.6. The van der Waals surface area contributed by atoms with Crippen LogP contribution in [0.4, 0.5) is 0 Å². The number of hydrogen-bond donors (Lipinski definition) is 4. The van der Waals surface area contributed by atoms with Crippen LogP contribution < -0.4 is 16.7 Å². The van der Waals surface area contributed by atoms with Crippen molar-refractivity contribution < 1.29 is 24.5 Å². The lowest BCUT2D eigenvalue weighted by Crippen LogP contribution is -2.44. The Kier molecular flexibility index (Phi) is 6.40. The number of aliphatic hydroxyl groups is 1. The molecule has 41 heavy (non-hydrogen) atoms. The number of phenolic OH excluding ortho intramolecular Hbond substituents is 1. The second kappa shape index (κ2) is 9.95. The first-order valence-corrected chi connectivity index (χ1v) is 13.2. The summed E-state index contributed by atoms with van der Waals surface area (Å²) in [7, 11) is 0. The van der Waals surface area contributed by atoms with Crippen LogP contribution >= 0.6 is 0 Å². The first kappa shape index (κ1) is 26.4. The van der Waals surface area contributed by atoms with Crippen molar-refractivity contribution in [1.29, 1.82) is 0 Å². The summed E-state index contributed by atoms with van der Waals surface area (Å²) in [6.45, 7) is 1.62. The second-order valence-corrected chi connectivity index (χ2v) is 10.2. The van der Waals surface area contributed by atoms with Gasteiger partial charge >= 0.3 is 5.97 Å². The number of hydrazone groups is 1. The molecule has 2 aromatic heterocycles. The molecular formula is C30H27N5O6. The number of phenols is 1. The SMILES string of the molecule is CC[C@@]1(O)C(=O)OCc2c1cc1n(c2=O)Cc2c-1nc1ccccc1c2C=NNC(=O)C(N)Cc1ccc(O)cc1. The van der Waals surface area contributed by atoms with Gasteiger partial charge in [-0.05, 0) is 42.7 Å². The topological polar surface area (TPSA) is 169 Å². The molecule has 2 aliphatic heterocycles. The molecule has 0 spiro atoms. The van der Waals surface area contributed by atoms with Crippen LogP contribution in [0.5, 0.6) is 5.75 Å². The summed E-state index contributed by atoms with van der Waals surface area (Å²) in [5.41, 5.74) is 10.6. The zero-order valence-corrected chi connectivity index (χ0v) is 22.1. The molecule has 5 N–H and O–H groups in total. The second-order valence-electron chi connectivity index (χ2n) is 10.2. The van der Waals surface area contributed by atoms with E-state index < -0.39 is 23.5 Å². The van der Waals surface area contributed by atoms with Gasteiger partial charge in [0.2, 0.25) is 0 Å². The number of ether oxygens (including phenoxy) is 1. The fourth-order valence-corrected chi connectivity index (χ4v) is 5.43. The molecule has 4 aromatic rings. The summed E-state index contributed by atoms with van der Waals surface area (Å²) in [6, 6.07) is 14.6. The average Bonchev–Trinajstić information content (AvgIpc) is 3.34. The predicted octanol–water partition coefficient (Wildman–Crippen LogP) is 1.81. The van der Waals surface area contributed by atoms with Gasteiger partial charge in [0.1, 0.15) is 12.4 Å². The molecule has 2 aliphatic rings. The fraction of sp³-hybridized carbons (Fsp3) is 0.233. The lowest BCUT2D eigenvalue weighted by molar-refractivity contribution is -0.172. The highest BCUT2D eigenvalue weighted by Gasteiger charge is 2.45. The van der Waals surface area contributed by atoms with Crippen molar-refractivity contribution >= 4 is 29.0 Å². The zero-order chi connectivity index (χ0) is 28.9. The number of nitrogens with zero attached hydrogens (tertiary/aromatic N) is 3. The monoisotopic (exact) mass is 553 g/mol. The minimum atomic E-state index is -1.92. The van der Waals surface area contributed by atoms with Gasteiger partial charge < -0.3 is 25.3 Å². The molecule has 1 unspecified atom stereocenters. The quantitative estimate of drug-likeness (QED) is 0.140. The van der Waals surface area contributed by atoms with Crippen LogP contribution in [-0.2, 0) is 39.5 Å². The number of para-hydroxylation sites is 1. The standard InChI is InChI=1S/C30H27N5O6/c1-2-30(40)22-12-25-26-20(14-35(25)28(38)21(22)15-41-29(30)39)19(18-5-3-4-6-24(18)33-26)13-32-34-27(37)23(31)11-16-7-9-17(36)10-8-16/h3-10,12-13,23,36,40H,2,11,14-15,31H2,1H3,(H,34,37)/t23?,30-/m0/s1. The molecule has 2 aromatic carbocycles. The number of carbonyl (C=O) groups excluding carboxylic acids is 2. The third-order valence-electron chi connectivity index (χ3n) is 7.74. The Morgan fingerprint density at radius 1 is 1.22 bits per heavy atom. The van der Waals surface area contributed by atoms with Gasteiger partial charge in [-0.25, -0.2) is 15.2 Å². The van der Waals surface area contributed by atoms with Crippen molar-refractivity contribution in [1.82, 2.24) is 15.0 Å². The molecule has 4 heterocycles. The number of aromatic nitrogens is 2. The Morgan fingerprint density at radius 3 is 2.73 bits per heavy atom. The molecule has 2 atom stereocenters. The highest BCUT2D eigenvalue weighted by Crippen LogP contribution is 2.39. The molecule has 0 saturated carbocycles. The van der Waals surface area contributed by atoms with Crippen LogP contribution in [0, 0.1) is 0 Å². The van der Waals surface area contributed by atoms with E-state index in [1.165, 1.54) is 18.3 Å². The van der Waals surface area contributed by atoms with Crippen LogP contribution in [0.25, 0.3) is 22.3 Å². The summed E-state index contributed by atoms with van der Waals surface area (Å²) in [6.07, 6.45) is 1.82. The summed E-state index contributed by atoms with van der Waals surface area (Å²) in [5, 5.41) is 25.5. The third-order valence-corrected chi connectivity index (χ3v) is 7.74. The number of fused-ring (bicyclic) bond motifs is 5. The van der Waals surface area contributed by atoms with E-state index in [0.717, 1.165) is 10.9 Å². The molecule has 0 bridgehead atoms. The molecule has 0 radical (unpaired) electrons. The normalized spacial score (nSPS) is 18.1. The summed E-state index contributed by atoms with van der Waals surface area (Å²) >= 11 is 0. The number of nitrogens with one attached hydrogen (secondary N) is 1. The third kappa shape index (κ3) is 4.35. The number of hydrogen-bond acceptors (Lipinski definition) is 9. The number of cyclic esters (lactones) is 1. The van der Waals surface area contributed by atoms with Crippen LogP contribution in [-0.4, -0.2) is 43.9 Å². The van der Waals surface area contributed by atoms with Gasteiger partial charge in [0, 0.05) is 22.1 Å². The maximum absolute atomic E-state index is 13.6. The smallest absolute Gasteiger partial charge is 0.343 e. The predicted molar refractivity (Wildman–Crippen MR) is 150 cm³/mol. The van der Waals surface area contributed by atoms with Gasteiger partial charge in [-0.2, -0.15) is 5.10 Å². The first-order chi connectivity index (χ1) is 19.7. The van der Waals surface area contributed by atoms with Crippen molar-refractivity contribution in [3.8, 4) is 17.1 Å². The van der Waals surface area contributed by atoms with E-state index in [0.29, 0.717) is 28.0 Å². The van der Waals surface area contributed by atoms with Crippen molar-refractivity contribution in [3.05, 3.63) is 92.8 Å². The minimum absolute atomic E-state index is 0.0478. The number of nitrogens with two attached hydrogens (primary N) is 1. The Morgan fingerprint density at radius 2 is 1.98 bits per heavy atom. The number of rotatable bonds is 6. The van der Waals surface area contributed by atoms with Gasteiger partial charge in [-0.3, -0.25) is 9.59 Å². The molecule has 6 rings (SSSR count). The number of esters is 1. The van der Waals surface area contributed by atoms with E-state index in [2.05, 4.69) is 10.5 Å². The summed E-state index contributed by atoms with van der Waals surface area (Å²) in [5.74, 6) is -1.14. The molecular weight excluding hydrogens is 526 g/mol. The van der Waals surface area contributed by atoms with Gasteiger partial charge in [0.05, 0.1) is 41.3 Å². The van der Waals surface area contributed by atoms with E-state index in [-0.39, 0.29) is 48.4 Å². The average molecular weight is 554 g/mol. The van der Waals surface area contributed by atoms with E-state index in [1.54, 1.807) is 29.7 Å². The Balaban J connectivity index is 1.36. The molecule has 0 fully saturated rings. The molecule has 0 saturated heterocycles. The van der Waals surface area contributed by atoms with Gasteiger partial charge in [-0.1, -0.05) is 37.3 Å². The Hall–Kier alpha value is -4.87. The first-order valence-electron chi connectivity index (χ1n) is 13.2. The number of carbonyl (C=O) groups is 2. The van der Waals surface area contributed by atoms with Gasteiger partial charge in [0.25, 0.3) is 11.5 Å². The number of pyridine rings is 2. The van der Waals surface area contributed by atoms with Gasteiger partial charge in [-0.15, -0.1) is 0 Å². The van der Waals surface area contributed by atoms with Gasteiger partial charge in [0.15, 0.2) is 5.60 Å². The van der Waals surface area contributed by atoms with Crippen LogP contribution in [0.15, 0.2) is 64.5 Å². The summed E-state index contributed by atoms with van der Waals surface area (Å²) in [4.78, 5) is 43.5. The Bertz CT molecular complexity index is 1810. The van der Waals surface area contributed by atoms with Crippen molar-refractivity contribution in [3.63, 3.8) is 0 Å². The van der Waals surface area contributed by atoms with E-state index in [1.807, 2.05) is 24.3 Å². The Labute approximate surface area is 233 Å². The highest BCUT2D eigenvalue weighted by atomic mass is 16.6. The number of amides is 1. The lowest BCUT2D eigenvalue weighted by atomic mass is 9.86. The molecule has 0 aliphatic carbocycles. The highest BCUT2D eigenvalue weighted by molar-refractivity contribution is 6.02. The van der Waals surface area contributed by atoms with Crippen molar-refractivity contribution in [2.75, 3.05) is 0 Å². The maximum Gasteiger partial charge on any atom is 0.343 e. The molecule has 11 heteroatoms. The number of aromatic hydroxyl groups is 1. The summed E-state index contributed by atoms with van der Waals surface area (Å²) < 4.78 is 6.70. The zero-order valence-electron chi connectivity index (χ0n) is 22.1. The molecule has 11 nitrogen and oxygen atoms in total. The van der Waals surface area contributed by atoms with E-state index in [4.69, 9.17) is 15.5 Å². The fourth-order valence-electron chi connectivity index (χ4n) is 5.43. The lowest BCUT2D eigenvalue weighted by Gasteiger charge is -2.31. The van der Waals surface area contributed by atoms with Crippen LogP contribution in [0.1, 0.15) is 41.2 Å². The number of benzene rings is 2. The van der Waals surface area contributed by atoms with Crippen LogP contribution in [0.3, 0.4) is 0 Å². The van der Waals surface area contributed by atoms with E-state index >= 15 is 0 Å². The van der Waals surface area contributed by atoms with Crippen molar-refractivity contribution in [2.24, 2.45) is 10.8 Å². The minimum Gasteiger partial charge on any atom is -0.508 e. The van der Waals surface area contributed by atoms with Crippen LogP contribution in [0.2, 0.25) is 0 Å². The van der Waals surface area contributed by atoms with Crippen molar-refractivity contribution in [2.45, 2.75) is 44.6 Å². The molecule has 1 amide bonds. The largest absolute Gasteiger partial charge is 0.508 e.